The molecule has 21 heavy (non-hydrogen) atoms. The van der Waals surface area contributed by atoms with Crippen molar-refractivity contribution in [3.8, 4) is 11.5 Å². The van der Waals surface area contributed by atoms with Crippen molar-refractivity contribution in [1.29, 1.82) is 0 Å². The van der Waals surface area contributed by atoms with Gasteiger partial charge < -0.3 is 15.1 Å². The topological polar surface area (TPSA) is 67.2 Å². The van der Waals surface area contributed by atoms with Crippen molar-refractivity contribution < 1.29 is 9.21 Å². The minimum Gasteiger partial charge on any atom is -0.445 e. The maximum Gasteiger partial charge on any atom is 0.228 e. The number of hydrogen-bond donors (Lipinski definition) is 2. The first kappa shape index (κ1) is 13.8. The van der Waals surface area contributed by atoms with Crippen LogP contribution in [0.3, 0.4) is 0 Å². The third-order valence-electron chi connectivity index (χ3n) is 3.84. The van der Waals surface area contributed by atoms with Crippen LogP contribution in [0, 0.1) is 12.8 Å². The molecule has 1 aliphatic rings. The molecule has 1 aromatic heterocycles. The number of amides is 1. The minimum absolute atomic E-state index is 0.0465. The van der Waals surface area contributed by atoms with Crippen LogP contribution >= 0.6 is 0 Å². The molecule has 1 aliphatic heterocycles. The Balaban J connectivity index is 1.77. The van der Waals surface area contributed by atoms with E-state index in [-0.39, 0.29) is 11.8 Å². The van der Waals surface area contributed by atoms with Gasteiger partial charge in [-0.15, -0.1) is 0 Å². The molecule has 2 N–H and O–H groups in total. The average molecular weight is 285 g/mol. The first-order chi connectivity index (χ1) is 10.2. The van der Waals surface area contributed by atoms with Gasteiger partial charge in [0.15, 0.2) is 0 Å². The fourth-order valence-electron chi connectivity index (χ4n) is 2.61. The Hall–Kier alpha value is -2.14. The zero-order chi connectivity index (χ0) is 14.7. The molecule has 0 saturated carbocycles. The van der Waals surface area contributed by atoms with E-state index >= 15 is 0 Å². The Kier molecular flexibility index (Phi) is 4.01. The lowest BCUT2D eigenvalue weighted by Crippen LogP contribution is -2.37. The fraction of sp³-hybridized carbons (Fsp3) is 0.375. The molecule has 5 nitrogen and oxygen atoms in total. The Bertz CT molecular complexity index is 616. The van der Waals surface area contributed by atoms with Gasteiger partial charge in [-0.25, -0.2) is 4.98 Å². The van der Waals surface area contributed by atoms with Crippen LogP contribution in [0.2, 0.25) is 0 Å². The molecule has 5 heteroatoms. The normalized spacial score (nSPS) is 18.4. The van der Waals surface area contributed by atoms with E-state index in [1.54, 1.807) is 12.5 Å². The summed E-state index contributed by atoms with van der Waals surface area (Å²) in [7, 11) is 0. The first-order valence-electron chi connectivity index (χ1n) is 7.26. The SMILES string of the molecule is Cc1ccc(NC(=O)C2CCCNC2)cc1-c1ncco1. The molecule has 1 amide bonds. The van der Waals surface area contributed by atoms with E-state index in [0.717, 1.165) is 42.7 Å². The van der Waals surface area contributed by atoms with Gasteiger partial charge in [-0.3, -0.25) is 4.79 Å². The highest BCUT2D eigenvalue weighted by Gasteiger charge is 2.21. The van der Waals surface area contributed by atoms with E-state index in [2.05, 4.69) is 15.6 Å². The number of nitrogens with zero attached hydrogens (tertiary/aromatic N) is 1. The number of aryl methyl sites for hydroxylation is 1. The van der Waals surface area contributed by atoms with Crippen LogP contribution in [-0.4, -0.2) is 24.0 Å². The molecule has 0 aliphatic carbocycles. The molecule has 110 valence electrons. The van der Waals surface area contributed by atoms with Gasteiger partial charge in [-0.2, -0.15) is 0 Å². The summed E-state index contributed by atoms with van der Waals surface area (Å²) in [5.41, 5.74) is 2.75. The van der Waals surface area contributed by atoms with Gasteiger partial charge in [0.25, 0.3) is 0 Å². The molecule has 0 bridgehead atoms. The summed E-state index contributed by atoms with van der Waals surface area (Å²) in [6, 6.07) is 5.79. The summed E-state index contributed by atoms with van der Waals surface area (Å²) in [6.07, 6.45) is 5.16. The quantitative estimate of drug-likeness (QED) is 0.909. The number of piperidine rings is 1. The number of benzene rings is 1. The van der Waals surface area contributed by atoms with Crippen molar-refractivity contribution in [3.63, 3.8) is 0 Å². The second kappa shape index (κ2) is 6.10. The molecule has 1 unspecified atom stereocenters. The van der Waals surface area contributed by atoms with E-state index in [1.165, 1.54) is 0 Å². The second-order valence-corrected chi connectivity index (χ2v) is 5.40. The number of carbonyl (C=O) groups excluding carboxylic acids is 1. The van der Waals surface area contributed by atoms with Crippen molar-refractivity contribution in [2.24, 2.45) is 5.92 Å². The summed E-state index contributed by atoms with van der Waals surface area (Å²) in [4.78, 5) is 16.4. The van der Waals surface area contributed by atoms with E-state index in [4.69, 9.17) is 4.42 Å². The number of aromatic nitrogens is 1. The number of anilines is 1. The summed E-state index contributed by atoms with van der Waals surface area (Å²) >= 11 is 0. The standard InChI is InChI=1S/C16H19N3O2/c1-11-4-5-13(9-14(11)16-18-7-8-21-16)19-15(20)12-3-2-6-17-10-12/h4-5,7-9,12,17H,2-3,6,10H2,1H3,(H,19,20). The third-order valence-corrected chi connectivity index (χ3v) is 3.84. The minimum atomic E-state index is 0.0465. The van der Waals surface area contributed by atoms with Crippen LogP contribution in [-0.2, 0) is 4.79 Å². The number of rotatable bonds is 3. The number of hydrogen-bond acceptors (Lipinski definition) is 4. The molecule has 0 radical (unpaired) electrons. The van der Waals surface area contributed by atoms with Gasteiger partial charge in [0.1, 0.15) is 6.26 Å². The van der Waals surface area contributed by atoms with Crippen LogP contribution in [0.1, 0.15) is 18.4 Å². The largest absolute Gasteiger partial charge is 0.445 e. The smallest absolute Gasteiger partial charge is 0.228 e. The van der Waals surface area contributed by atoms with Crippen molar-refractivity contribution in [1.82, 2.24) is 10.3 Å². The number of oxazole rings is 1. The van der Waals surface area contributed by atoms with Crippen molar-refractivity contribution in [3.05, 3.63) is 36.2 Å². The van der Waals surface area contributed by atoms with E-state index in [9.17, 15) is 4.79 Å². The highest BCUT2D eigenvalue weighted by molar-refractivity contribution is 5.93. The van der Waals surface area contributed by atoms with Gasteiger partial charge in [0.2, 0.25) is 11.8 Å². The molecular weight excluding hydrogens is 266 g/mol. The Labute approximate surface area is 123 Å². The molecule has 2 heterocycles. The molecule has 0 spiro atoms. The second-order valence-electron chi connectivity index (χ2n) is 5.40. The van der Waals surface area contributed by atoms with Gasteiger partial charge >= 0.3 is 0 Å². The summed E-state index contributed by atoms with van der Waals surface area (Å²) in [6.45, 7) is 3.75. The number of carbonyl (C=O) groups is 1. The predicted octanol–water partition coefficient (Wildman–Crippen LogP) is 2.59. The third kappa shape index (κ3) is 3.13. The van der Waals surface area contributed by atoms with Gasteiger partial charge in [-0.1, -0.05) is 6.07 Å². The first-order valence-corrected chi connectivity index (χ1v) is 7.26. The lowest BCUT2D eigenvalue weighted by atomic mass is 9.98. The highest BCUT2D eigenvalue weighted by Crippen LogP contribution is 2.25. The van der Waals surface area contributed by atoms with Crippen molar-refractivity contribution in [2.45, 2.75) is 19.8 Å². The molecule has 3 rings (SSSR count). The average Bonchev–Trinajstić information content (AvgIpc) is 3.04. The molecule has 1 atom stereocenters. The van der Waals surface area contributed by atoms with Crippen molar-refractivity contribution >= 4 is 11.6 Å². The summed E-state index contributed by atoms with van der Waals surface area (Å²) in [5.74, 6) is 0.692. The summed E-state index contributed by atoms with van der Waals surface area (Å²) < 4.78 is 5.34. The van der Waals surface area contributed by atoms with Crippen LogP contribution in [0.4, 0.5) is 5.69 Å². The van der Waals surface area contributed by atoms with Crippen LogP contribution < -0.4 is 10.6 Å². The zero-order valence-corrected chi connectivity index (χ0v) is 12.1. The van der Waals surface area contributed by atoms with E-state index in [0.29, 0.717) is 5.89 Å². The van der Waals surface area contributed by atoms with E-state index < -0.39 is 0 Å². The van der Waals surface area contributed by atoms with E-state index in [1.807, 2.05) is 25.1 Å². The van der Waals surface area contributed by atoms with Crippen LogP contribution in [0.5, 0.6) is 0 Å². The van der Waals surface area contributed by atoms with Gasteiger partial charge in [0.05, 0.1) is 12.1 Å². The predicted molar refractivity (Wildman–Crippen MR) is 80.9 cm³/mol. The molecule has 1 fully saturated rings. The van der Waals surface area contributed by atoms with Gasteiger partial charge in [0, 0.05) is 17.8 Å². The maximum absolute atomic E-state index is 12.3. The number of nitrogens with one attached hydrogen (secondary N) is 2. The van der Waals surface area contributed by atoms with Crippen molar-refractivity contribution in [2.75, 3.05) is 18.4 Å². The lowest BCUT2D eigenvalue weighted by molar-refractivity contribution is -0.120. The van der Waals surface area contributed by atoms with Crippen LogP contribution in [0.15, 0.2) is 35.1 Å². The molecule has 1 aromatic carbocycles. The van der Waals surface area contributed by atoms with Gasteiger partial charge in [-0.05, 0) is 44.0 Å². The highest BCUT2D eigenvalue weighted by atomic mass is 16.3. The molecular formula is C16H19N3O2. The molecule has 2 aromatic rings. The zero-order valence-electron chi connectivity index (χ0n) is 12.1. The Morgan fingerprint density at radius 3 is 3.10 bits per heavy atom. The fourth-order valence-corrected chi connectivity index (χ4v) is 2.61. The Morgan fingerprint density at radius 2 is 2.38 bits per heavy atom. The summed E-state index contributed by atoms with van der Waals surface area (Å²) in [5, 5.41) is 6.25. The Morgan fingerprint density at radius 1 is 1.48 bits per heavy atom. The van der Waals surface area contributed by atoms with Crippen LogP contribution in [0.25, 0.3) is 11.5 Å². The lowest BCUT2D eigenvalue weighted by Gasteiger charge is -2.22. The molecule has 1 saturated heterocycles. The maximum atomic E-state index is 12.3. The monoisotopic (exact) mass is 285 g/mol.